The summed E-state index contributed by atoms with van der Waals surface area (Å²) in [5, 5.41) is 57.1. The second-order valence-corrected chi connectivity index (χ2v) is 5.40. The van der Waals surface area contributed by atoms with Crippen molar-refractivity contribution in [2.45, 2.75) is 0 Å². The molecule has 0 aromatic heterocycles. The average molecular weight is 569 g/mol. The third-order valence-corrected chi connectivity index (χ3v) is 3.35. The van der Waals surface area contributed by atoms with Gasteiger partial charge >= 0.3 is 57.8 Å². The largest absolute Gasteiger partial charge is 3.00 e. The Balaban J connectivity index is 0.000000429. The molecule has 0 saturated carbocycles. The Morgan fingerprint density at radius 1 is 0.484 bits per heavy atom. The van der Waals surface area contributed by atoms with Gasteiger partial charge in [-0.05, 0) is 18.2 Å². The normalized spacial score (nSPS) is 8.90. The molecule has 3 aromatic carbocycles. The molecule has 0 atom stereocenters. The molecule has 0 amide bonds. The maximum absolute atomic E-state index is 10.7. The number of rotatable bonds is 3. The topological polar surface area (TPSA) is 181 Å². The number of carboxylic acid groups (broad SMARTS) is 3. The van der Waals surface area contributed by atoms with E-state index < -0.39 is 35.2 Å². The van der Waals surface area contributed by atoms with Gasteiger partial charge in [0.05, 0.1) is 16.7 Å². The Morgan fingerprint density at radius 2 is 0.677 bits per heavy atom. The second-order valence-electron chi connectivity index (χ2n) is 5.40. The zero-order valence-electron chi connectivity index (χ0n) is 15.6. The Morgan fingerprint density at radius 3 is 0.806 bits per heavy atom. The van der Waals surface area contributed by atoms with E-state index in [1.807, 2.05) is 0 Å². The monoisotopic (exact) mass is 569 g/mol. The minimum absolute atomic E-state index is 0. The third kappa shape index (κ3) is 9.43. The maximum atomic E-state index is 10.7. The van der Waals surface area contributed by atoms with Crippen LogP contribution in [-0.4, -0.2) is 33.2 Å². The van der Waals surface area contributed by atoms with Crippen molar-refractivity contribution in [1.29, 1.82) is 0 Å². The predicted octanol–water partition coefficient (Wildman–Crippen LogP) is 1.38. The van der Waals surface area contributed by atoms with Gasteiger partial charge in [0.25, 0.3) is 0 Å². The quantitative estimate of drug-likeness (QED) is 0.420. The van der Waals surface area contributed by atoms with Gasteiger partial charge in [-0.25, -0.2) is 14.4 Å². The number of hydrogen-bond acceptors (Lipinski definition) is 6. The van der Waals surface area contributed by atoms with E-state index in [9.17, 15) is 29.7 Å². The van der Waals surface area contributed by atoms with Crippen molar-refractivity contribution in [3.8, 4) is 17.2 Å². The summed E-state index contributed by atoms with van der Waals surface area (Å²) in [6.07, 6.45) is 0. The first-order chi connectivity index (χ1) is 14.1. The van der Waals surface area contributed by atoms with Crippen molar-refractivity contribution in [2.75, 3.05) is 0 Å². The van der Waals surface area contributed by atoms with Gasteiger partial charge in [0, 0.05) is 0 Å². The minimum atomic E-state index is -1.18. The van der Waals surface area contributed by atoms with Crippen LogP contribution in [0.1, 0.15) is 31.1 Å². The molecule has 0 unspecified atom stereocenters. The molecule has 0 fully saturated rings. The Bertz CT molecular complexity index is 903. The minimum Gasteiger partial charge on any atom is -0.872 e. The number of benzene rings is 3. The van der Waals surface area contributed by atoms with E-state index >= 15 is 0 Å². The standard InChI is InChI=1S/3C7H6O3.Gd/c3*8-6-4-2-1-3-5(6)7(9)10;/h3*1-4,8H,(H,9,10);/q;;;+3/p-3. The molecule has 0 aliphatic rings. The summed E-state index contributed by atoms with van der Waals surface area (Å²) < 4.78 is 0. The molecular weight excluding hydrogens is 553 g/mol. The van der Waals surface area contributed by atoms with Gasteiger partial charge in [0.2, 0.25) is 0 Å². The molecule has 0 aliphatic carbocycles. The van der Waals surface area contributed by atoms with E-state index in [0.717, 1.165) is 0 Å². The molecule has 3 aromatic rings. The second kappa shape index (κ2) is 13.9. The first kappa shape index (κ1) is 27.8. The number of carboxylic acids is 3. The summed E-state index contributed by atoms with van der Waals surface area (Å²) in [4.78, 5) is 30.7. The summed E-state index contributed by atoms with van der Waals surface area (Å²) in [6.45, 7) is 0. The van der Waals surface area contributed by atoms with Crippen molar-refractivity contribution in [3.05, 3.63) is 89.5 Å². The van der Waals surface area contributed by atoms with E-state index in [4.69, 9.17) is 15.3 Å². The van der Waals surface area contributed by atoms with E-state index in [2.05, 4.69) is 0 Å². The van der Waals surface area contributed by atoms with Crippen molar-refractivity contribution in [2.24, 2.45) is 0 Å². The van der Waals surface area contributed by atoms with Gasteiger partial charge < -0.3 is 30.6 Å². The smallest absolute Gasteiger partial charge is 0.872 e. The first-order valence-corrected chi connectivity index (χ1v) is 8.13. The molecule has 161 valence electrons. The fourth-order valence-corrected chi connectivity index (χ4v) is 1.93. The molecule has 10 heteroatoms. The van der Waals surface area contributed by atoms with Crippen LogP contribution in [0.25, 0.3) is 0 Å². The van der Waals surface area contributed by atoms with E-state index in [-0.39, 0.29) is 56.6 Å². The summed E-state index contributed by atoms with van der Waals surface area (Å²) in [7, 11) is 0. The van der Waals surface area contributed by atoms with Crippen LogP contribution in [0.5, 0.6) is 17.2 Å². The summed E-state index contributed by atoms with van der Waals surface area (Å²) >= 11 is 0. The first-order valence-electron chi connectivity index (χ1n) is 8.13. The summed E-state index contributed by atoms with van der Waals surface area (Å²) in [5.41, 5.74) is -0.535. The fraction of sp³-hybridized carbons (Fsp3) is 0. The molecule has 1 radical (unpaired) electrons. The zero-order valence-corrected chi connectivity index (χ0v) is 17.8. The number of para-hydroxylation sites is 3. The van der Waals surface area contributed by atoms with Crippen molar-refractivity contribution >= 4 is 17.9 Å². The van der Waals surface area contributed by atoms with E-state index in [1.165, 1.54) is 72.8 Å². The molecular formula is C21H15GdO9. The number of hydrogen-bond donors (Lipinski definition) is 3. The van der Waals surface area contributed by atoms with Crippen LogP contribution in [0.3, 0.4) is 0 Å². The number of aromatic carboxylic acids is 3. The predicted molar refractivity (Wildman–Crippen MR) is 98.5 cm³/mol. The number of carbonyl (C=O) groups is 3. The fourth-order valence-electron chi connectivity index (χ4n) is 1.93. The molecule has 3 N–H and O–H groups in total. The average Bonchev–Trinajstić information content (AvgIpc) is 2.69. The maximum Gasteiger partial charge on any atom is 3.00 e. The van der Waals surface area contributed by atoms with E-state index in [0.29, 0.717) is 0 Å². The van der Waals surface area contributed by atoms with Crippen molar-refractivity contribution in [1.82, 2.24) is 0 Å². The third-order valence-electron chi connectivity index (χ3n) is 3.35. The van der Waals surface area contributed by atoms with Crippen LogP contribution in [0.4, 0.5) is 0 Å². The Hall–Kier alpha value is -3.21. The van der Waals surface area contributed by atoms with Gasteiger partial charge in [-0.3, -0.25) is 0 Å². The van der Waals surface area contributed by atoms with Gasteiger partial charge in [-0.2, -0.15) is 0 Å². The Labute approximate surface area is 208 Å². The molecule has 0 aliphatic heterocycles. The van der Waals surface area contributed by atoms with Crippen molar-refractivity contribution < 1.29 is 85.0 Å². The molecule has 9 nitrogen and oxygen atoms in total. The molecule has 0 bridgehead atoms. The zero-order chi connectivity index (χ0) is 22.7. The van der Waals surface area contributed by atoms with Gasteiger partial charge in [-0.15, -0.1) is 0 Å². The van der Waals surface area contributed by atoms with Gasteiger partial charge in [0.15, 0.2) is 0 Å². The molecule has 3 rings (SSSR count). The molecule has 0 heterocycles. The SMILES string of the molecule is O=C(O)c1ccccc1[O-].O=C(O)c1ccccc1[O-].O=C(O)c1ccccc1[O-].[Gd+3]. The summed E-state index contributed by atoms with van der Waals surface area (Å²) in [5.74, 6) is -4.87. The van der Waals surface area contributed by atoms with Gasteiger partial charge in [0.1, 0.15) is 0 Å². The van der Waals surface area contributed by atoms with Crippen LogP contribution in [0, 0.1) is 39.9 Å². The van der Waals surface area contributed by atoms with Crippen LogP contribution < -0.4 is 15.3 Å². The molecule has 31 heavy (non-hydrogen) atoms. The van der Waals surface area contributed by atoms with Crippen LogP contribution >= 0.6 is 0 Å². The van der Waals surface area contributed by atoms with Crippen LogP contribution in [0.15, 0.2) is 72.8 Å². The van der Waals surface area contributed by atoms with Crippen molar-refractivity contribution in [3.63, 3.8) is 0 Å². The van der Waals surface area contributed by atoms with Crippen LogP contribution in [0.2, 0.25) is 0 Å². The molecule has 0 spiro atoms. The van der Waals surface area contributed by atoms with Gasteiger partial charge in [-0.1, -0.05) is 71.8 Å². The van der Waals surface area contributed by atoms with E-state index in [1.54, 1.807) is 0 Å². The van der Waals surface area contributed by atoms with Crippen LogP contribution in [-0.2, 0) is 0 Å². The Kier molecular flexibility index (Phi) is 12.5. The summed E-state index contributed by atoms with van der Waals surface area (Å²) in [6, 6.07) is 16.6. The molecule has 0 saturated heterocycles.